The average Bonchev–Trinajstić information content (AvgIpc) is 3.20. The predicted octanol–water partition coefficient (Wildman–Crippen LogP) is 2.83. The van der Waals surface area contributed by atoms with Gasteiger partial charge in [0.2, 0.25) is 0 Å². The molecular formula is C16H13N5OS. The van der Waals surface area contributed by atoms with E-state index in [1.807, 2.05) is 19.2 Å². The first kappa shape index (κ1) is 15.1. The van der Waals surface area contributed by atoms with E-state index in [4.69, 9.17) is 0 Å². The van der Waals surface area contributed by atoms with E-state index >= 15 is 0 Å². The fourth-order valence-electron chi connectivity index (χ4n) is 2.30. The van der Waals surface area contributed by atoms with E-state index in [0.717, 1.165) is 16.9 Å². The van der Waals surface area contributed by atoms with Gasteiger partial charge in [0.1, 0.15) is 17.7 Å². The number of aromatic nitrogens is 4. The highest BCUT2D eigenvalue weighted by Gasteiger charge is 2.25. The number of Topliss-reactive ketones (excluding diaryl/α,β-unsaturated/α-hetero) is 1. The molecule has 23 heavy (non-hydrogen) atoms. The Balaban J connectivity index is 1.93. The van der Waals surface area contributed by atoms with E-state index in [9.17, 15) is 10.1 Å². The van der Waals surface area contributed by atoms with Gasteiger partial charge in [-0.3, -0.25) is 4.79 Å². The lowest BCUT2D eigenvalue weighted by molar-refractivity contribution is 0.0978. The van der Waals surface area contributed by atoms with Crippen LogP contribution >= 0.6 is 11.3 Å². The van der Waals surface area contributed by atoms with Crippen molar-refractivity contribution in [3.05, 3.63) is 58.1 Å². The van der Waals surface area contributed by atoms with Crippen LogP contribution in [-0.2, 0) is 0 Å². The molecule has 0 saturated heterocycles. The molecule has 114 valence electrons. The Morgan fingerprint density at radius 2 is 2.22 bits per heavy atom. The maximum absolute atomic E-state index is 12.6. The number of carbonyl (C=O) groups excluding carboxylic acids is 1. The minimum Gasteiger partial charge on any atom is -0.292 e. The van der Waals surface area contributed by atoms with Gasteiger partial charge >= 0.3 is 0 Å². The van der Waals surface area contributed by atoms with Gasteiger partial charge in [-0.05, 0) is 37.6 Å². The van der Waals surface area contributed by atoms with E-state index in [1.165, 1.54) is 17.7 Å². The van der Waals surface area contributed by atoms with Crippen molar-refractivity contribution in [2.75, 3.05) is 0 Å². The summed E-state index contributed by atoms with van der Waals surface area (Å²) in [4.78, 5) is 20.8. The quantitative estimate of drug-likeness (QED) is 0.689. The molecule has 0 aliphatic rings. The molecule has 6 nitrogen and oxygen atoms in total. The summed E-state index contributed by atoms with van der Waals surface area (Å²) in [6, 6.07) is 7.34. The maximum atomic E-state index is 12.6. The Bertz CT molecular complexity index is 892. The highest BCUT2D eigenvalue weighted by Crippen LogP contribution is 2.25. The van der Waals surface area contributed by atoms with Crippen LogP contribution in [0.15, 0.2) is 36.2 Å². The van der Waals surface area contributed by atoms with Crippen LogP contribution in [0.2, 0.25) is 0 Å². The Morgan fingerprint density at radius 3 is 2.78 bits per heavy atom. The fourth-order valence-corrected chi connectivity index (χ4v) is 3.13. The molecule has 0 saturated carbocycles. The van der Waals surface area contributed by atoms with Crippen molar-refractivity contribution in [2.24, 2.45) is 0 Å². The Hall–Kier alpha value is -2.85. The summed E-state index contributed by atoms with van der Waals surface area (Å²) in [6.07, 6.45) is 3.05. The van der Waals surface area contributed by atoms with Crippen LogP contribution in [0, 0.1) is 25.2 Å². The van der Waals surface area contributed by atoms with Gasteiger partial charge in [0.05, 0.1) is 11.8 Å². The first-order valence-corrected chi connectivity index (χ1v) is 7.79. The molecule has 1 atom stereocenters. The van der Waals surface area contributed by atoms with Gasteiger partial charge in [0.15, 0.2) is 11.7 Å². The topological polar surface area (TPSA) is 84.5 Å². The highest BCUT2D eigenvalue weighted by molar-refractivity contribution is 7.10. The molecule has 3 rings (SSSR count). The second kappa shape index (κ2) is 6.10. The molecule has 3 aromatic rings. The molecule has 2 heterocycles. The molecule has 0 amide bonds. The molecular weight excluding hydrogens is 310 g/mol. The number of thiazole rings is 1. The molecule has 0 radical (unpaired) electrons. The second-order valence-electron chi connectivity index (χ2n) is 5.09. The molecule has 0 unspecified atom stereocenters. The van der Waals surface area contributed by atoms with Crippen molar-refractivity contribution >= 4 is 17.1 Å². The molecule has 2 aromatic heterocycles. The molecule has 0 aliphatic carbocycles. The van der Waals surface area contributed by atoms with Crippen molar-refractivity contribution in [2.45, 2.75) is 19.8 Å². The largest absolute Gasteiger partial charge is 0.292 e. The second-order valence-corrected chi connectivity index (χ2v) is 5.98. The van der Waals surface area contributed by atoms with E-state index in [2.05, 4.69) is 21.1 Å². The van der Waals surface area contributed by atoms with Crippen LogP contribution in [0.5, 0.6) is 0 Å². The highest BCUT2D eigenvalue weighted by atomic mass is 32.1. The van der Waals surface area contributed by atoms with Crippen molar-refractivity contribution in [3.8, 4) is 11.8 Å². The maximum Gasteiger partial charge on any atom is 0.186 e. The summed E-state index contributed by atoms with van der Waals surface area (Å²) in [7, 11) is 0. The number of hydrogen-bond acceptors (Lipinski definition) is 6. The van der Waals surface area contributed by atoms with Crippen LogP contribution < -0.4 is 0 Å². The number of ketones is 1. The number of nitrogens with zero attached hydrogens (tertiary/aromatic N) is 5. The zero-order valence-corrected chi connectivity index (χ0v) is 13.4. The van der Waals surface area contributed by atoms with Gasteiger partial charge in [-0.15, -0.1) is 11.3 Å². The SMILES string of the molecule is Cc1csc([C@H](C#N)C(=O)c2ccc(-n3cncn3)c(C)c2)n1. The number of nitriles is 1. The molecule has 0 fully saturated rings. The number of carbonyl (C=O) groups is 1. The lowest BCUT2D eigenvalue weighted by Crippen LogP contribution is -2.12. The summed E-state index contributed by atoms with van der Waals surface area (Å²) in [5.41, 5.74) is 3.03. The van der Waals surface area contributed by atoms with Crippen LogP contribution in [-0.4, -0.2) is 25.5 Å². The molecule has 1 aromatic carbocycles. The lowest BCUT2D eigenvalue weighted by Gasteiger charge is -2.09. The summed E-state index contributed by atoms with van der Waals surface area (Å²) in [5, 5.41) is 15.8. The zero-order valence-electron chi connectivity index (χ0n) is 12.6. The number of benzene rings is 1. The van der Waals surface area contributed by atoms with Crippen molar-refractivity contribution < 1.29 is 4.79 Å². The standard InChI is InChI=1S/C16H13N5OS/c1-10-5-12(3-4-14(10)21-9-18-8-19-21)15(22)13(6-17)16-20-11(2)7-23-16/h3-5,7-9,13H,1-2H3/t13-/m1/s1. The summed E-state index contributed by atoms with van der Waals surface area (Å²) >= 11 is 1.33. The monoisotopic (exact) mass is 323 g/mol. The smallest absolute Gasteiger partial charge is 0.186 e. The summed E-state index contributed by atoms with van der Waals surface area (Å²) in [6.45, 7) is 3.73. The Labute approximate surface area is 137 Å². The third-order valence-electron chi connectivity index (χ3n) is 3.42. The summed E-state index contributed by atoms with van der Waals surface area (Å²) in [5.74, 6) is -1.11. The van der Waals surface area contributed by atoms with Crippen LogP contribution in [0.25, 0.3) is 5.69 Å². The van der Waals surface area contributed by atoms with Gasteiger partial charge in [0.25, 0.3) is 0 Å². The Morgan fingerprint density at radius 1 is 1.39 bits per heavy atom. The minimum atomic E-state index is -0.870. The van der Waals surface area contributed by atoms with Crippen LogP contribution in [0.1, 0.15) is 32.5 Å². The van der Waals surface area contributed by atoms with Gasteiger partial charge in [0, 0.05) is 16.6 Å². The molecule has 0 N–H and O–H groups in total. The van der Waals surface area contributed by atoms with Crippen molar-refractivity contribution in [1.29, 1.82) is 5.26 Å². The lowest BCUT2D eigenvalue weighted by atomic mass is 9.97. The van der Waals surface area contributed by atoms with Crippen molar-refractivity contribution in [1.82, 2.24) is 19.7 Å². The predicted molar refractivity (Wildman–Crippen MR) is 85.6 cm³/mol. The minimum absolute atomic E-state index is 0.241. The van der Waals surface area contributed by atoms with Crippen LogP contribution in [0.4, 0.5) is 0 Å². The van der Waals surface area contributed by atoms with E-state index < -0.39 is 5.92 Å². The summed E-state index contributed by atoms with van der Waals surface area (Å²) < 4.78 is 1.63. The zero-order chi connectivity index (χ0) is 16.4. The first-order valence-electron chi connectivity index (χ1n) is 6.91. The molecule has 0 bridgehead atoms. The molecule has 0 aliphatic heterocycles. The van der Waals surface area contributed by atoms with Crippen molar-refractivity contribution in [3.63, 3.8) is 0 Å². The number of rotatable bonds is 4. The van der Waals surface area contributed by atoms with E-state index in [-0.39, 0.29) is 5.78 Å². The molecule has 0 spiro atoms. The first-order chi connectivity index (χ1) is 11.1. The van der Waals surface area contributed by atoms with Gasteiger partial charge in [-0.25, -0.2) is 14.6 Å². The van der Waals surface area contributed by atoms with E-state index in [0.29, 0.717) is 10.6 Å². The molecule has 7 heteroatoms. The van der Waals surface area contributed by atoms with Gasteiger partial charge < -0.3 is 0 Å². The normalized spacial score (nSPS) is 11.9. The number of hydrogen-bond donors (Lipinski definition) is 0. The van der Waals surface area contributed by atoms with Crippen LogP contribution in [0.3, 0.4) is 0 Å². The van der Waals surface area contributed by atoms with Gasteiger partial charge in [-0.1, -0.05) is 0 Å². The third kappa shape index (κ3) is 2.89. The Kier molecular flexibility index (Phi) is 4.00. The number of aryl methyl sites for hydroxylation is 2. The van der Waals surface area contributed by atoms with Gasteiger partial charge in [-0.2, -0.15) is 10.4 Å². The van der Waals surface area contributed by atoms with E-state index in [1.54, 1.807) is 29.2 Å². The third-order valence-corrected chi connectivity index (χ3v) is 4.45. The fraction of sp³-hybridized carbons (Fsp3) is 0.188. The average molecular weight is 323 g/mol.